The van der Waals surface area contributed by atoms with Crippen LogP contribution in [-0.2, 0) is 15.1 Å². The zero-order chi connectivity index (χ0) is 29.1. The van der Waals surface area contributed by atoms with E-state index in [0.717, 1.165) is 21.3 Å². The van der Waals surface area contributed by atoms with Gasteiger partial charge < -0.3 is 29.2 Å². The summed E-state index contributed by atoms with van der Waals surface area (Å²) in [5.41, 5.74) is -0.104. The molecule has 3 aromatic carbocycles. The summed E-state index contributed by atoms with van der Waals surface area (Å²) in [5, 5.41) is 21.8. The van der Waals surface area contributed by atoms with Crippen LogP contribution in [0.15, 0.2) is 94.6 Å². The van der Waals surface area contributed by atoms with Gasteiger partial charge in [-0.25, -0.2) is 4.79 Å². The molecule has 0 radical (unpaired) electrons. The standard InChI is InChI=1S/C30H29IN2O8/c1-38-21-12-8-19(9-13-21)30(18-6-4-3-5-7-18,20-10-14-22(39-2)15-11-20)40-17-24-25(34)26(35)28(41-24)33-16-23(31)27(36)32-29(33)37/h3-16,24-26,28,34-35H,17H2,1-2H3,(H,32,36,37)/t24-,25-,26-,28-/m1/s1. The minimum absolute atomic E-state index is 0.156. The monoisotopic (exact) mass is 672 g/mol. The number of hydrogen-bond donors (Lipinski definition) is 3. The number of H-pyrrole nitrogens is 1. The van der Waals surface area contributed by atoms with E-state index in [4.69, 9.17) is 18.9 Å². The normalized spacial score (nSPS) is 20.6. The molecule has 0 saturated carbocycles. The van der Waals surface area contributed by atoms with Crippen molar-refractivity contribution < 1.29 is 29.2 Å². The molecule has 1 saturated heterocycles. The number of nitrogens with one attached hydrogen (secondary N) is 1. The van der Waals surface area contributed by atoms with Gasteiger partial charge in [0.1, 0.15) is 35.4 Å². The first kappa shape index (κ1) is 29.0. The Labute approximate surface area is 249 Å². The number of rotatable bonds is 9. The number of hydrogen-bond acceptors (Lipinski definition) is 8. The molecule has 0 unspecified atom stereocenters. The third kappa shape index (κ3) is 5.55. The van der Waals surface area contributed by atoms with Crippen molar-refractivity contribution in [1.82, 2.24) is 9.55 Å². The molecule has 5 rings (SSSR count). The van der Waals surface area contributed by atoms with Crippen LogP contribution in [0.5, 0.6) is 11.5 Å². The summed E-state index contributed by atoms with van der Waals surface area (Å²) in [6, 6.07) is 24.6. The molecule has 0 bridgehead atoms. The van der Waals surface area contributed by atoms with Crippen molar-refractivity contribution in [2.75, 3.05) is 20.8 Å². The van der Waals surface area contributed by atoms with Crippen LogP contribution >= 0.6 is 22.6 Å². The zero-order valence-corrected chi connectivity index (χ0v) is 24.4. The Morgan fingerprint density at radius 1 is 0.854 bits per heavy atom. The largest absolute Gasteiger partial charge is 0.497 e. The molecule has 214 valence electrons. The molecule has 0 spiro atoms. The summed E-state index contributed by atoms with van der Waals surface area (Å²) in [6.07, 6.45) is -3.78. The maximum Gasteiger partial charge on any atom is 0.330 e. The predicted molar refractivity (Wildman–Crippen MR) is 158 cm³/mol. The molecule has 0 aliphatic carbocycles. The van der Waals surface area contributed by atoms with Crippen LogP contribution in [0.4, 0.5) is 0 Å². The lowest BCUT2D eigenvalue weighted by Gasteiger charge is -2.37. The number of aromatic nitrogens is 2. The van der Waals surface area contributed by atoms with Crippen molar-refractivity contribution in [1.29, 1.82) is 0 Å². The van der Waals surface area contributed by atoms with Gasteiger partial charge in [-0.05, 0) is 63.5 Å². The van der Waals surface area contributed by atoms with Gasteiger partial charge in [0.25, 0.3) is 5.56 Å². The molecule has 1 aromatic heterocycles. The fourth-order valence-electron chi connectivity index (χ4n) is 5.03. The summed E-state index contributed by atoms with van der Waals surface area (Å²) in [5.74, 6) is 1.35. The highest BCUT2D eigenvalue weighted by Crippen LogP contribution is 2.42. The lowest BCUT2D eigenvalue weighted by Crippen LogP contribution is -2.40. The van der Waals surface area contributed by atoms with E-state index < -0.39 is 41.4 Å². The van der Waals surface area contributed by atoms with E-state index in [0.29, 0.717) is 11.5 Å². The van der Waals surface area contributed by atoms with Gasteiger partial charge in [0.15, 0.2) is 6.23 Å². The Morgan fingerprint density at radius 2 is 1.39 bits per heavy atom. The lowest BCUT2D eigenvalue weighted by atomic mass is 9.80. The van der Waals surface area contributed by atoms with E-state index in [1.807, 2.05) is 78.9 Å². The van der Waals surface area contributed by atoms with Crippen LogP contribution in [-0.4, -0.2) is 58.9 Å². The average Bonchev–Trinajstić information content (AvgIpc) is 3.29. The molecule has 10 nitrogen and oxygen atoms in total. The first-order chi connectivity index (χ1) is 19.8. The number of ether oxygens (including phenoxy) is 4. The highest BCUT2D eigenvalue weighted by molar-refractivity contribution is 14.1. The van der Waals surface area contributed by atoms with Crippen LogP contribution in [0.3, 0.4) is 0 Å². The minimum atomic E-state index is -1.45. The quantitative estimate of drug-likeness (QED) is 0.183. The summed E-state index contributed by atoms with van der Waals surface area (Å²) < 4.78 is 24.8. The molecule has 3 N–H and O–H groups in total. The van der Waals surface area contributed by atoms with E-state index in [-0.39, 0.29) is 10.2 Å². The van der Waals surface area contributed by atoms with Gasteiger partial charge in [0, 0.05) is 6.20 Å². The Kier molecular flexibility index (Phi) is 8.61. The van der Waals surface area contributed by atoms with Gasteiger partial charge in [-0.2, -0.15) is 0 Å². The molecule has 1 fully saturated rings. The van der Waals surface area contributed by atoms with E-state index in [9.17, 15) is 19.8 Å². The Bertz CT molecular complexity index is 1540. The second-order valence-electron chi connectivity index (χ2n) is 9.51. The summed E-state index contributed by atoms with van der Waals surface area (Å²) >= 11 is 1.78. The smallest absolute Gasteiger partial charge is 0.330 e. The fraction of sp³-hybridized carbons (Fsp3) is 0.267. The summed E-state index contributed by atoms with van der Waals surface area (Å²) in [4.78, 5) is 26.5. The summed E-state index contributed by atoms with van der Waals surface area (Å²) in [6.45, 7) is -0.156. The number of halogens is 1. The molecule has 1 aliphatic rings. The molecule has 0 amide bonds. The van der Waals surface area contributed by atoms with Gasteiger partial charge in [-0.15, -0.1) is 0 Å². The van der Waals surface area contributed by atoms with Crippen LogP contribution < -0.4 is 20.7 Å². The molecule has 2 heterocycles. The van der Waals surface area contributed by atoms with E-state index in [2.05, 4.69) is 4.98 Å². The van der Waals surface area contributed by atoms with Crippen molar-refractivity contribution in [3.8, 4) is 11.5 Å². The SMILES string of the molecule is COc1ccc(C(OC[C@H]2O[C@@H](n3cc(I)c(=O)[nH]c3=O)[C@H](O)[C@@H]2O)(c2ccccc2)c2ccc(OC)cc2)cc1. The highest BCUT2D eigenvalue weighted by atomic mass is 127. The molecule has 1 aliphatic heterocycles. The first-order valence-electron chi connectivity index (χ1n) is 12.8. The second-order valence-corrected chi connectivity index (χ2v) is 10.7. The molecular formula is C30H29IN2O8. The Hall–Kier alpha value is -3.49. The number of aromatic amines is 1. The maximum atomic E-state index is 12.5. The predicted octanol–water partition coefficient (Wildman–Crippen LogP) is 2.79. The van der Waals surface area contributed by atoms with Crippen molar-refractivity contribution >= 4 is 22.6 Å². The first-order valence-corrected chi connectivity index (χ1v) is 13.9. The zero-order valence-electron chi connectivity index (χ0n) is 22.3. The molecule has 4 aromatic rings. The Morgan fingerprint density at radius 3 is 1.93 bits per heavy atom. The lowest BCUT2D eigenvalue weighted by molar-refractivity contribution is -0.0959. The second kappa shape index (κ2) is 12.2. The number of methoxy groups -OCH3 is 2. The summed E-state index contributed by atoms with van der Waals surface area (Å²) in [7, 11) is 3.18. The maximum absolute atomic E-state index is 12.5. The van der Waals surface area contributed by atoms with Crippen molar-refractivity contribution in [2.45, 2.75) is 30.1 Å². The third-order valence-electron chi connectivity index (χ3n) is 7.17. The highest BCUT2D eigenvalue weighted by Gasteiger charge is 2.46. The van der Waals surface area contributed by atoms with Crippen LogP contribution in [0.25, 0.3) is 0 Å². The number of aliphatic hydroxyl groups excluding tert-OH is 2. The minimum Gasteiger partial charge on any atom is -0.497 e. The number of benzene rings is 3. The van der Waals surface area contributed by atoms with Crippen LogP contribution in [0.1, 0.15) is 22.9 Å². The molecule has 11 heteroatoms. The average molecular weight is 672 g/mol. The Balaban J connectivity index is 1.56. The molecule has 4 atom stereocenters. The van der Waals surface area contributed by atoms with Gasteiger partial charge >= 0.3 is 5.69 Å². The van der Waals surface area contributed by atoms with Gasteiger partial charge in [0.05, 0.1) is 24.4 Å². The van der Waals surface area contributed by atoms with E-state index in [1.165, 1.54) is 6.20 Å². The molecular weight excluding hydrogens is 643 g/mol. The third-order valence-corrected chi connectivity index (χ3v) is 7.94. The van der Waals surface area contributed by atoms with E-state index >= 15 is 0 Å². The van der Waals surface area contributed by atoms with Crippen LogP contribution in [0, 0.1) is 3.57 Å². The van der Waals surface area contributed by atoms with Crippen molar-refractivity contribution in [2.24, 2.45) is 0 Å². The van der Waals surface area contributed by atoms with Crippen molar-refractivity contribution in [3.05, 3.63) is 126 Å². The number of nitrogens with zero attached hydrogens (tertiary/aromatic N) is 1. The number of aliphatic hydroxyl groups is 2. The van der Waals surface area contributed by atoms with Gasteiger partial charge in [0.2, 0.25) is 0 Å². The molecule has 41 heavy (non-hydrogen) atoms. The van der Waals surface area contributed by atoms with Gasteiger partial charge in [-0.1, -0.05) is 54.6 Å². The topological polar surface area (TPSA) is 132 Å². The van der Waals surface area contributed by atoms with Crippen LogP contribution in [0.2, 0.25) is 0 Å². The fourth-order valence-corrected chi connectivity index (χ4v) is 5.46. The van der Waals surface area contributed by atoms with E-state index in [1.54, 1.807) is 36.8 Å². The van der Waals surface area contributed by atoms with Crippen molar-refractivity contribution in [3.63, 3.8) is 0 Å². The van der Waals surface area contributed by atoms with Gasteiger partial charge in [-0.3, -0.25) is 14.3 Å².